The minimum absolute atomic E-state index is 0.0914. The molecule has 19 heavy (non-hydrogen) atoms. The smallest absolute Gasteiger partial charge is 0.310 e. The molecule has 5 heteroatoms. The van der Waals surface area contributed by atoms with Crippen LogP contribution in [-0.2, 0) is 19.1 Å². The number of hydrogen-bond donors (Lipinski definition) is 0. The molecule has 2 atom stereocenters. The summed E-state index contributed by atoms with van der Waals surface area (Å²) in [6, 6.07) is 0. The molecular weight excluding hydrogens is 246 g/mol. The number of rotatable bonds is 7. The molecule has 0 aromatic heterocycles. The summed E-state index contributed by atoms with van der Waals surface area (Å²) in [5, 5.41) is 0. The van der Waals surface area contributed by atoms with E-state index in [-0.39, 0.29) is 23.9 Å². The Kier molecular flexibility index (Phi) is 6.84. The SMILES string of the molecule is CCCC(=O)N(CC1CCCO1)CC(C)C(=O)OC. The van der Waals surface area contributed by atoms with Crippen LogP contribution in [0.15, 0.2) is 0 Å². The average molecular weight is 271 g/mol. The molecule has 110 valence electrons. The topological polar surface area (TPSA) is 55.8 Å². The van der Waals surface area contributed by atoms with E-state index < -0.39 is 0 Å². The molecule has 0 saturated carbocycles. The summed E-state index contributed by atoms with van der Waals surface area (Å²) in [7, 11) is 1.37. The quantitative estimate of drug-likeness (QED) is 0.660. The Bertz CT molecular complexity index is 300. The summed E-state index contributed by atoms with van der Waals surface area (Å²) in [6.45, 7) is 5.53. The minimum atomic E-state index is -0.299. The van der Waals surface area contributed by atoms with Gasteiger partial charge in [-0.2, -0.15) is 0 Å². The lowest BCUT2D eigenvalue weighted by Gasteiger charge is -2.27. The van der Waals surface area contributed by atoms with Gasteiger partial charge in [-0.1, -0.05) is 13.8 Å². The Labute approximate surface area is 115 Å². The number of amides is 1. The van der Waals surface area contributed by atoms with Crippen LogP contribution in [0.1, 0.15) is 39.5 Å². The number of nitrogens with zero attached hydrogens (tertiary/aromatic N) is 1. The fraction of sp³-hybridized carbons (Fsp3) is 0.857. The minimum Gasteiger partial charge on any atom is -0.469 e. The van der Waals surface area contributed by atoms with Crippen molar-refractivity contribution in [1.29, 1.82) is 0 Å². The van der Waals surface area contributed by atoms with E-state index in [4.69, 9.17) is 9.47 Å². The maximum absolute atomic E-state index is 12.1. The third-order valence-corrected chi connectivity index (χ3v) is 3.36. The van der Waals surface area contributed by atoms with Crippen LogP contribution in [0.3, 0.4) is 0 Å². The molecule has 1 aliphatic heterocycles. The van der Waals surface area contributed by atoms with Crippen LogP contribution in [-0.4, -0.2) is 49.7 Å². The second kappa shape index (κ2) is 8.15. The number of carbonyl (C=O) groups excluding carboxylic acids is 2. The number of carbonyl (C=O) groups is 2. The maximum Gasteiger partial charge on any atom is 0.310 e. The van der Waals surface area contributed by atoms with Gasteiger partial charge in [0.1, 0.15) is 0 Å². The van der Waals surface area contributed by atoms with Gasteiger partial charge in [-0.15, -0.1) is 0 Å². The van der Waals surface area contributed by atoms with Crippen LogP contribution < -0.4 is 0 Å². The summed E-state index contributed by atoms with van der Waals surface area (Å²) in [5.41, 5.74) is 0. The molecule has 1 heterocycles. The predicted octanol–water partition coefficient (Wildman–Crippen LogP) is 1.60. The Hall–Kier alpha value is -1.10. The number of methoxy groups -OCH3 is 1. The number of ether oxygens (including phenoxy) is 2. The average Bonchev–Trinajstić information content (AvgIpc) is 2.90. The maximum atomic E-state index is 12.1. The van der Waals surface area contributed by atoms with E-state index in [0.717, 1.165) is 25.9 Å². The van der Waals surface area contributed by atoms with Crippen LogP contribution in [0.2, 0.25) is 0 Å². The highest BCUT2D eigenvalue weighted by Gasteiger charge is 2.25. The fourth-order valence-corrected chi connectivity index (χ4v) is 2.29. The summed E-state index contributed by atoms with van der Waals surface area (Å²) in [5.74, 6) is -0.484. The lowest BCUT2D eigenvalue weighted by molar-refractivity contribution is -0.146. The second-order valence-electron chi connectivity index (χ2n) is 5.11. The van der Waals surface area contributed by atoms with Gasteiger partial charge in [0.2, 0.25) is 5.91 Å². The molecule has 5 nitrogen and oxygen atoms in total. The fourth-order valence-electron chi connectivity index (χ4n) is 2.29. The first-order chi connectivity index (χ1) is 9.08. The summed E-state index contributed by atoms with van der Waals surface area (Å²) in [6.07, 6.45) is 3.48. The molecule has 0 bridgehead atoms. The third-order valence-electron chi connectivity index (χ3n) is 3.36. The molecule has 0 aromatic carbocycles. The van der Waals surface area contributed by atoms with E-state index in [9.17, 15) is 9.59 Å². The second-order valence-corrected chi connectivity index (χ2v) is 5.11. The van der Waals surface area contributed by atoms with Gasteiger partial charge in [0, 0.05) is 26.1 Å². The molecule has 0 radical (unpaired) electrons. The first kappa shape index (κ1) is 16.0. The van der Waals surface area contributed by atoms with Crippen LogP contribution in [0.5, 0.6) is 0 Å². The van der Waals surface area contributed by atoms with Gasteiger partial charge < -0.3 is 14.4 Å². The van der Waals surface area contributed by atoms with E-state index in [1.807, 2.05) is 6.92 Å². The molecule has 0 spiro atoms. The molecule has 1 fully saturated rings. The Morgan fingerprint density at radius 1 is 1.47 bits per heavy atom. The Morgan fingerprint density at radius 2 is 2.21 bits per heavy atom. The highest BCUT2D eigenvalue weighted by Crippen LogP contribution is 2.15. The molecular formula is C14H25NO4. The molecule has 1 rings (SSSR count). The van der Waals surface area contributed by atoms with Crippen molar-refractivity contribution in [3.05, 3.63) is 0 Å². The normalized spacial score (nSPS) is 20.1. The highest BCUT2D eigenvalue weighted by atomic mass is 16.5. The molecule has 0 aliphatic carbocycles. The van der Waals surface area contributed by atoms with Crippen molar-refractivity contribution in [3.63, 3.8) is 0 Å². The first-order valence-corrected chi connectivity index (χ1v) is 7.05. The van der Waals surface area contributed by atoms with E-state index in [1.54, 1.807) is 11.8 Å². The van der Waals surface area contributed by atoms with E-state index in [0.29, 0.717) is 19.5 Å². The Balaban J connectivity index is 2.57. The molecule has 0 N–H and O–H groups in total. The highest BCUT2D eigenvalue weighted by molar-refractivity contribution is 5.78. The van der Waals surface area contributed by atoms with Crippen LogP contribution in [0.25, 0.3) is 0 Å². The largest absolute Gasteiger partial charge is 0.469 e. The zero-order chi connectivity index (χ0) is 14.3. The summed E-state index contributed by atoms with van der Waals surface area (Å²) in [4.78, 5) is 25.3. The van der Waals surface area contributed by atoms with Gasteiger partial charge in [0.25, 0.3) is 0 Å². The van der Waals surface area contributed by atoms with Crippen LogP contribution >= 0.6 is 0 Å². The van der Waals surface area contributed by atoms with Gasteiger partial charge in [-0.3, -0.25) is 9.59 Å². The summed E-state index contributed by atoms with van der Waals surface area (Å²) < 4.78 is 10.3. The van der Waals surface area contributed by atoms with E-state index >= 15 is 0 Å². The van der Waals surface area contributed by atoms with Gasteiger partial charge >= 0.3 is 5.97 Å². The van der Waals surface area contributed by atoms with Gasteiger partial charge in [-0.05, 0) is 19.3 Å². The molecule has 1 saturated heterocycles. The zero-order valence-electron chi connectivity index (χ0n) is 12.2. The van der Waals surface area contributed by atoms with Gasteiger partial charge in [0.05, 0.1) is 19.1 Å². The van der Waals surface area contributed by atoms with Crippen molar-refractivity contribution in [1.82, 2.24) is 4.90 Å². The van der Waals surface area contributed by atoms with Crippen molar-refractivity contribution in [2.45, 2.75) is 45.6 Å². The lowest BCUT2D eigenvalue weighted by Crippen LogP contribution is -2.41. The zero-order valence-corrected chi connectivity index (χ0v) is 12.2. The molecule has 1 amide bonds. The van der Waals surface area contributed by atoms with Crippen molar-refractivity contribution < 1.29 is 19.1 Å². The van der Waals surface area contributed by atoms with E-state index in [1.165, 1.54) is 7.11 Å². The molecule has 1 aliphatic rings. The van der Waals surface area contributed by atoms with Gasteiger partial charge in [-0.25, -0.2) is 0 Å². The monoisotopic (exact) mass is 271 g/mol. The van der Waals surface area contributed by atoms with Crippen LogP contribution in [0.4, 0.5) is 0 Å². The van der Waals surface area contributed by atoms with E-state index in [2.05, 4.69) is 0 Å². The van der Waals surface area contributed by atoms with Crippen molar-refractivity contribution >= 4 is 11.9 Å². The number of hydrogen-bond acceptors (Lipinski definition) is 4. The van der Waals surface area contributed by atoms with Crippen molar-refractivity contribution in [3.8, 4) is 0 Å². The standard InChI is InChI=1S/C14H25NO4/c1-4-6-13(16)15(9-11(2)14(17)18-3)10-12-7-5-8-19-12/h11-12H,4-10H2,1-3H3. The molecule has 0 aromatic rings. The lowest BCUT2D eigenvalue weighted by atomic mass is 10.1. The first-order valence-electron chi connectivity index (χ1n) is 7.05. The Morgan fingerprint density at radius 3 is 2.74 bits per heavy atom. The predicted molar refractivity (Wildman–Crippen MR) is 71.6 cm³/mol. The van der Waals surface area contributed by atoms with Gasteiger partial charge in [0.15, 0.2) is 0 Å². The van der Waals surface area contributed by atoms with Crippen molar-refractivity contribution in [2.75, 3.05) is 26.8 Å². The third kappa shape index (κ3) is 5.19. The van der Waals surface area contributed by atoms with Crippen LogP contribution in [0, 0.1) is 5.92 Å². The summed E-state index contributed by atoms with van der Waals surface area (Å²) >= 11 is 0. The van der Waals surface area contributed by atoms with Crippen molar-refractivity contribution in [2.24, 2.45) is 5.92 Å². The number of esters is 1. The molecule has 2 unspecified atom stereocenters.